The molecule has 2 heterocycles. The minimum absolute atomic E-state index is 0.188. The monoisotopic (exact) mass is 299 g/mol. The van der Waals surface area contributed by atoms with Crippen molar-refractivity contribution in [3.05, 3.63) is 35.7 Å². The van der Waals surface area contributed by atoms with Gasteiger partial charge >= 0.3 is 0 Å². The van der Waals surface area contributed by atoms with Crippen molar-refractivity contribution < 1.29 is 13.8 Å². The van der Waals surface area contributed by atoms with Crippen LogP contribution in [0, 0.1) is 6.92 Å². The second-order valence-electron chi connectivity index (χ2n) is 5.31. The molecule has 6 heteroatoms. The second kappa shape index (κ2) is 5.63. The Morgan fingerprint density at radius 1 is 1.05 bits per heavy atom. The second-order valence-corrected chi connectivity index (χ2v) is 5.31. The Bertz CT molecular complexity index is 772. The summed E-state index contributed by atoms with van der Waals surface area (Å²) < 4.78 is 15.9. The molecule has 1 aromatic carbocycles. The van der Waals surface area contributed by atoms with Crippen LogP contribution in [0.2, 0.25) is 0 Å². The Hall–Kier alpha value is -2.63. The predicted molar refractivity (Wildman–Crippen MR) is 80.6 cm³/mol. The zero-order valence-corrected chi connectivity index (χ0v) is 13.0. The van der Waals surface area contributed by atoms with Crippen LogP contribution in [0.3, 0.4) is 0 Å². The van der Waals surface area contributed by atoms with Crippen LogP contribution in [-0.2, 0) is 0 Å². The van der Waals surface area contributed by atoms with Crippen LogP contribution >= 0.6 is 0 Å². The summed E-state index contributed by atoms with van der Waals surface area (Å²) in [5.74, 6) is 2.67. The molecule has 0 bridgehead atoms. The number of hydrogen-bond acceptors (Lipinski definition) is 6. The largest absolute Gasteiger partial charge is 0.497 e. The number of ether oxygens (including phenoxy) is 1. The maximum atomic E-state index is 5.40. The molecule has 22 heavy (non-hydrogen) atoms. The number of aromatic nitrogens is 3. The molecular weight excluding hydrogens is 282 g/mol. The van der Waals surface area contributed by atoms with E-state index in [0.717, 1.165) is 28.3 Å². The summed E-state index contributed by atoms with van der Waals surface area (Å²) >= 11 is 0. The highest BCUT2D eigenvalue weighted by atomic mass is 16.5. The Balaban J connectivity index is 1.98. The van der Waals surface area contributed by atoms with Gasteiger partial charge in [0.1, 0.15) is 11.3 Å². The summed E-state index contributed by atoms with van der Waals surface area (Å²) in [5.41, 5.74) is 2.38. The SMILES string of the molecule is COc1ccc(-c2noc(-c3c(C)noc3C(C)C)n2)cc1. The average molecular weight is 299 g/mol. The number of hydrogen-bond donors (Lipinski definition) is 0. The van der Waals surface area contributed by atoms with Crippen LogP contribution in [0.5, 0.6) is 5.75 Å². The van der Waals surface area contributed by atoms with E-state index in [1.165, 1.54) is 0 Å². The third kappa shape index (κ3) is 2.47. The van der Waals surface area contributed by atoms with E-state index in [1.807, 2.05) is 45.0 Å². The van der Waals surface area contributed by atoms with Crippen molar-refractivity contribution in [3.8, 4) is 28.6 Å². The zero-order chi connectivity index (χ0) is 15.7. The van der Waals surface area contributed by atoms with E-state index < -0.39 is 0 Å². The molecule has 0 aliphatic rings. The van der Waals surface area contributed by atoms with Crippen LogP contribution < -0.4 is 4.74 Å². The van der Waals surface area contributed by atoms with Crippen molar-refractivity contribution in [2.45, 2.75) is 26.7 Å². The highest BCUT2D eigenvalue weighted by Crippen LogP contribution is 2.32. The number of methoxy groups -OCH3 is 1. The zero-order valence-electron chi connectivity index (χ0n) is 13.0. The van der Waals surface area contributed by atoms with E-state index in [4.69, 9.17) is 13.8 Å². The van der Waals surface area contributed by atoms with Gasteiger partial charge in [0.25, 0.3) is 5.89 Å². The summed E-state index contributed by atoms with van der Waals surface area (Å²) in [6, 6.07) is 7.49. The normalized spacial score (nSPS) is 11.1. The minimum atomic E-state index is 0.188. The quantitative estimate of drug-likeness (QED) is 0.728. The smallest absolute Gasteiger partial charge is 0.263 e. The molecule has 0 N–H and O–H groups in total. The molecule has 0 spiro atoms. The van der Waals surface area contributed by atoms with Crippen LogP contribution in [0.25, 0.3) is 22.8 Å². The average Bonchev–Trinajstić information content (AvgIpc) is 3.13. The van der Waals surface area contributed by atoms with Gasteiger partial charge in [0, 0.05) is 11.5 Å². The first-order valence-electron chi connectivity index (χ1n) is 7.04. The standard InChI is InChI=1S/C16H17N3O3/c1-9(2)14-13(10(3)18-21-14)16-17-15(19-22-16)11-5-7-12(20-4)8-6-11/h5-9H,1-4H3. The first-order valence-corrected chi connectivity index (χ1v) is 7.04. The lowest BCUT2D eigenvalue weighted by molar-refractivity contribution is 0.367. The number of rotatable bonds is 4. The highest BCUT2D eigenvalue weighted by molar-refractivity contribution is 5.63. The fraction of sp³-hybridized carbons (Fsp3) is 0.312. The molecule has 3 aromatic rings. The van der Waals surface area contributed by atoms with Crippen LogP contribution in [0.1, 0.15) is 31.2 Å². The molecule has 0 saturated carbocycles. The lowest BCUT2D eigenvalue weighted by Crippen LogP contribution is -1.89. The lowest BCUT2D eigenvalue weighted by atomic mass is 10.1. The highest BCUT2D eigenvalue weighted by Gasteiger charge is 2.23. The molecule has 3 rings (SSSR count). The minimum Gasteiger partial charge on any atom is -0.497 e. The molecular formula is C16H17N3O3. The summed E-state index contributed by atoms with van der Waals surface area (Å²) in [4.78, 5) is 4.46. The van der Waals surface area contributed by atoms with E-state index in [0.29, 0.717) is 11.7 Å². The van der Waals surface area contributed by atoms with Crippen molar-refractivity contribution in [3.63, 3.8) is 0 Å². The van der Waals surface area contributed by atoms with Crippen LogP contribution in [0.15, 0.2) is 33.3 Å². The number of benzene rings is 1. The molecule has 0 fully saturated rings. The molecule has 0 saturated heterocycles. The van der Waals surface area contributed by atoms with Gasteiger partial charge in [-0.05, 0) is 31.2 Å². The topological polar surface area (TPSA) is 74.2 Å². The van der Waals surface area contributed by atoms with Gasteiger partial charge in [0.2, 0.25) is 5.82 Å². The van der Waals surface area contributed by atoms with E-state index >= 15 is 0 Å². The number of nitrogens with zero attached hydrogens (tertiary/aromatic N) is 3. The summed E-state index contributed by atoms with van der Waals surface area (Å²) in [7, 11) is 1.63. The van der Waals surface area contributed by atoms with Crippen LogP contribution in [-0.4, -0.2) is 22.4 Å². The van der Waals surface area contributed by atoms with E-state index in [9.17, 15) is 0 Å². The van der Waals surface area contributed by atoms with Gasteiger partial charge in [0.05, 0.1) is 12.8 Å². The van der Waals surface area contributed by atoms with Gasteiger partial charge in [0.15, 0.2) is 5.76 Å². The first-order chi connectivity index (χ1) is 10.6. The maximum absolute atomic E-state index is 5.40. The summed E-state index contributed by atoms with van der Waals surface area (Å²) in [6.07, 6.45) is 0. The van der Waals surface area contributed by atoms with Crippen molar-refractivity contribution >= 4 is 0 Å². The van der Waals surface area contributed by atoms with Gasteiger partial charge in [-0.3, -0.25) is 0 Å². The van der Waals surface area contributed by atoms with Crippen molar-refractivity contribution in [2.75, 3.05) is 7.11 Å². The fourth-order valence-electron chi connectivity index (χ4n) is 2.22. The fourth-order valence-corrected chi connectivity index (χ4v) is 2.22. The Labute approximate surface area is 128 Å². The van der Waals surface area contributed by atoms with Gasteiger partial charge in [-0.15, -0.1) is 0 Å². The van der Waals surface area contributed by atoms with Gasteiger partial charge in [-0.25, -0.2) is 0 Å². The first kappa shape index (κ1) is 14.3. The van der Waals surface area contributed by atoms with Crippen molar-refractivity contribution in [1.29, 1.82) is 0 Å². The maximum Gasteiger partial charge on any atom is 0.263 e. The molecule has 0 atom stereocenters. The number of aryl methyl sites for hydroxylation is 1. The van der Waals surface area contributed by atoms with Gasteiger partial charge in [-0.1, -0.05) is 24.2 Å². The van der Waals surface area contributed by atoms with Crippen molar-refractivity contribution in [2.24, 2.45) is 0 Å². The summed E-state index contributed by atoms with van der Waals surface area (Å²) in [5, 5.41) is 8.04. The molecule has 0 aliphatic carbocycles. The Morgan fingerprint density at radius 2 is 1.77 bits per heavy atom. The Kier molecular flexibility index (Phi) is 3.66. The molecule has 0 unspecified atom stereocenters. The Morgan fingerprint density at radius 3 is 2.41 bits per heavy atom. The van der Waals surface area contributed by atoms with Crippen molar-refractivity contribution in [1.82, 2.24) is 15.3 Å². The van der Waals surface area contributed by atoms with E-state index in [1.54, 1.807) is 7.11 Å². The molecule has 6 nitrogen and oxygen atoms in total. The van der Waals surface area contributed by atoms with E-state index in [2.05, 4.69) is 15.3 Å². The third-order valence-electron chi connectivity index (χ3n) is 3.40. The molecule has 0 amide bonds. The lowest BCUT2D eigenvalue weighted by Gasteiger charge is -2.00. The molecule has 2 aromatic heterocycles. The summed E-state index contributed by atoms with van der Waals surface area (Å²) in [6.45, 7) is 5.93. The molecule has 0 radical (unpaired) electrons. The van der Waals surface area contributed by atoms with Gasteiger partial charge < -0.3 is 13.8 Å². The van der Waals surface area contributed by atoms with Gasteiger partial charge in [-0.2, -0.15) is 4.98 Å². The van der Waals surface area contributed by atoms with E-state index in [-0.39, 0.29) is 5.92 Å². The molecule has 0 aliphatic heterocycles. The third-order valence-corrected chi connectivity index (χ3v) is 3.40. The molecule has 114 valence electrons. The predicted octanol–water partition coefficient (Wildman–Crippen LogP) is 3.83. The van der Waals surface area contributed by atoms with Crippen LogP contribution in [0.4, 0.5) is 0 Å².